The number of benzene rings is 1. The third-order valence-electron chi connectivity index (χ3n) is 4.44. The molecule has 1 N–H and O–H groups in total. The molecule has 0 radical (unpaired) electrons. The molecule has 1 aliphatic carbocycles. The molecule has 0 aromatic heterocycles. The van der Waals surface area contributed by atoms with Gasteiger partial charge in [-0.15, -0.1) is 0 Å². The molecule has 110 valence electrons. The van der Waals surface area contributed by atoms with Gasteiger partial charge in [-0.05, 0) is 50.2 Å². The maximum atomic E-state index is 5.90. The molecule has 3 heteroatoms. The second-order valence-electron chi connectivity index (χ2n) is 6.15. The van der Waals surface area contributed by atoms with Crippen molar-refractivity contribution < 1.29 is 9.47 Å². The first-order valence-corrected chi connectivity index (χ1v) is 7.77. The predicted molar refractivity (Wildman–Crippen MR) is 80.2 cm³/mol. The molecule has 3 atom stereocenters. The van der Waals surface area contributed by atoms with Crippen molar-refractivity contribution in [2.24, 2.45) is 5.92 Å². The van der Waals surface area contributed by atoms with Gasteiger partial charge in [-0.3, -0.25) is 0 Å². The zero-order valence-corrected chi connectivity index (χ0v) is 12.5. The third kappa shape index (κ3) is 3.15. The van der Waals surface area contributed by atoms with Crippen molar-refractivity contribution >= 4 is 0 Å². The number of para-hydroxylation sites is 1. The summed E-state index contributed by atoms with van der Waals surface area (Å²) >= 11 is 0. The Labute approximate surface area is 121 Å². The minimum Gasteiger partial charge on any atom is -0.496 e. The molecular weight excluding hydrogens is 250 g/mol. The lowest BCUT2D eigenvalue weighted by Gasteiger charge is -2.24. The van der Waals surface area contributed by atoms with Crippen LogP contribution in [0.1, 0.15) is 31.7 Å². The number of hydrogen-bond acceptors (Lipinski definition) is 3. The van der Waals surface area contributed by atoms with Crippen LogP contribution >= 0.6 is 0 Å². The van der Waals surface area contributed by atoms with Gasteiger partial charge in [-0.1, -0.05) is 18.2 Å². The molecule has 0 bridgehead atoms. The number of hydrogen-bond donors (Lipinski definition) is 1. The average Bonchev–Trinajstić information content (AvgIpc) is 3.20. The Morgan fingerprint density at radius 3 is 2.85 bits per heavy atom. The fourth-order valence-electron chi connectivity index (χ4n) is 3.30. The van der Waals surface area contributed by atoms with E-state index in [1.807, 2.05) is 12.1 Å². The van der Waals surface area contributed by atoms with E-state index in [0.717, 1.165) is 31.1 Å². The molecule has 3 unspecified atom stereocenters. The quantitative estimate of drug-likeness (QED) is 0.866. The van der Waals surface area contributed by atoms with E-state index in [0.29, 0.717) is 18.2 Å². The Hall–Kier alpha value is -1.06. The highest BCUT2D eigenvalue weighted by atomic mass is 16.5. The summed E-state index contributed by atoms with van der Waals surface area (Å²) in [5, 5.41) is 3.77. The molecular formula is C17H25NO2. The second kappa shape index (κ2) is 6.15. The summed E-state index contributed by atoms with van der Waals surface area (Å²) in [6.45, 7) is 3.18. The summed E-state index contributed by atoms with van der Waals surface area (Å²) in [5.74, 6) is 1.80. The molecule has 2 aliphatic rings. The lowest BCUT2D eigenvalue weighted by atomic mass is 10.0. The fourth-order valence-corrected chi connectivity index (χ4v) is 3.30. The molecule has 1 aromatic rings. The first-order valence-electron chi connectivity index (χ1n) is 7.77. The lowest BCUT2D eigenvalue weighted by Crippen LogP contribution is -2.43. The molecule has 0 amide bonds. The molecule has 1 aromatic carbocycles. The summed E-state index contributed by atoms with van der Waals surface area (Å²) in [5.41, 5.74) is 1.27. The highest BCUT2D eigenvalue weighted by Crippen LogP contribution is 2.38. The van der Waals surface area contributed by atoms with Crippen molar-refractivity contribution in [1.82, 2.24) is 5.32 Å². The number of rotatable bonds is 6. The van der Waals surface area contributed by atoms with E-state index in [9.17, 15) is 0 Å². The van der Waals surface area contributed by atoms with Gasteiger partial charge in [0.05, 0.1) is 13.2 Å². The van der Waals surface area contributed by atoms with Crippen molar-refractivity contribution in [3.63, 3.8) is 0 Å². The minimum absolute atomic E-state index is 0.444. The van der Waals surface area contributed by atoms with Crippen LogP contribution in [0.3, 0.4) is 0 Å². The zero-order chi connectivity index (χ0) is 13.9. The van der Waals surface area contributed by atoms with Crippen LogP contribution in [0.5, 0.6) is 5.75 Å². The van der Waals surface area contributed by atoms with Gasteiger partial charge in [-0.2, -0.15) is 0 Å². The van der Waals surface area contributed by atoms with Gasteiger partial charge in [0, 0.05) is 18.7 Å². The van der Waals surface area contributed by atoms with Gasteiger partial charge in [0.25, 0.3) is 0 Å². The van der Waals surface area contributed by atoms with Crippen molar-refractivity contribution in [1.29, 1.82) is 0 Å². The molecule has 1 aliphatic heterocycles. The maximum absolute atomic E-state index is 5.90. The molecule has 0 spiro atoms. The predicted octanol–water partition coefficient (Wildman–Crippen LogP) is 2.78. The Bertz CT molecular complexity index is 444. The highest BCUT2D eigenvalue weighted by molar-refractivity contribution is 5.33. The number of methoxy groups -OCH3 is 1. The summed E-state index contributed by atoms with van der Waals surface area (Å²) in [4.78, 5) is 0. The van der Waals surface area contributed by atoms with E-state index in [1.54, 1.807) is 7.11 Å². The fraction of sp³-hybridized carbons (Fsp3) is 0.647. The number of ether oxygens (including phenoxy) is 2. The number of nitrogens with one attached hydrogen (secondary N) is 1. The monoisotopic (exact) mass is 275 g/mol. The van der Waals surface area contributed by atoms with E-state index in [4.69, 9.17) is 9.47 Å². The highest BCUT2D eigenvalue weighted by Gasteiger charge is 2.40. The zero-order valence-electron chi connectivity index (χ0n) is 12.5. The molecule has 1 saturated carbocycles. The van der Waals surface area contributed by atoms with Crippen LogP contribution in [0.4, 0.5) is 0 Å². The smallest absolute Gasteiger partial charge is 0.122 e. The molecule has 1 saturated heterocycles. The topological polar surface area (TPSA) is 30.5 Å². The van der Waals surface area contributed by atoms with Crippen molar-refractivity contribution in [2.75, 3.05) is 13.7 Å². The van der Waals surface area contributed by atoms with Crippen LogP contribution in [0, 0.1) is 5.92 Å². The Balaban J connectivity index is 1.57. The van der Waals surface area contributed by atoms with Crippen LogP contribution in [0.2, 0.25) is 0 Å². The first kappa shape index (κ1) is 13.9. The van der Waals surface area contributed by atoms with Crippen LogP contribution in [0.15, 0.2) is 24.3 Å². The van der Waals surface area contributed by atoms with Gasteiger partial charge in [0.1, 0.15) is 5.75 Å². The molecule has 2 fully saturated rings. The van der Waals surface area contributed by atoms with E-state index in [2.05, 4.69) is 24.4 Å². The SMILES string of the molecule is COc1ccccc1CC(C)NC1CCOC1C1CC1. The lowest BCUT2D eigenvalue weighted by molar-refractivity contribution is 0.0793. The summed E-state index contributed by atoms with van der Waals surface area (Å²) < 4.78 is 11.3. The molecule has 1 heterocycles. The van der Waals surface area contributed by atoms with Crippen LogP contribution in [-0.2, 0) is 11.2 Å². The van der Waals surface area contributed by atoms with E-state index in [1.165, 1.54) is 18.4 Å². The molecule has 3 nitrogen and oxygen atoms in total. The van der Waals surface area contributed by atoms with Crippen LogP contribution in [0.25, 0.3) is 0 Å². The Morgan fingerprint density at radius 2 is 2.10 bits per heavy atom. The van der Waals surface area contributed by atoms with Crippen molar-refractivity contribution in [3.05, 3.63) is 29.8 Å². The first-order chi connectivity index (χ1) is 9.78. The van der Waals surface area contributed by atoms with Gasteiger partial charge < -0.3 is 14.8 Å². The summed E-state index contributed by atoms with van der Waals surface area (Å²) in [7, 11) is 1.74. The molecule has 3 rings (SSSR count). The van der Waals surface area contributed by atoms with Crippen molar-refractivity contribution in [2.45, 2.75) is 50.8 Å². The van der Waals surface area contributed by atoms with E-state index in [-0.39, 0.29) is 0 Å². The van der Waals surface area contributed by atoms with Gasteiger partial charge in [0.15, 0.2) is 0 Å². The largest absolute Gasteiger partial charge is 0.496 e. The standard InChI is InChI=1S/C17H25NO2/c1-12(11-14-5-3-4-6-16(14)19-2)18-15-9-10-20-17(15)13-7-8-13/h3-6,12-13,15,17-18H,7-11H2,1-2H3. The van der Waals surface area contributed by atoms with Crippen LogP contribution < -0.4 is 10.1 Å². The van der Waals surface area contributed by atoms with E-state index >= 15 is 0 Å². The van der Waals surface area contributed by atoms with Gasteiger partial charge >= 0.3 is 0 Å². The normalized spacial score (nSPS) is 27.5. The van der Waals surface area contributed by atoms with Crippen LogP contribution in [-0.4, -0.2) is 31.9 Å². The minimum atomic E-state index is 0.444. The van der Waals surface area contributed by atoms with Crippen molar-refractivity contribution in [3.8, 4) is 5.75 Å². The van der Waals surface area contributed by atoms with E-state index < -0.39 is 0 Å². The van der Waals surface area contributed by atoms with Gasteiger partial charge in [0.2, 0.25) is 0 Å². The summed E-state index contributed by atoms with van der Waals surface area (Å²) in [6.07, 6.45) is 5.30. The average molecular weight is 275 g/mol. The third-order valence-corrected chi connectivity index (χ3v) is 4.44. The molecule has 20 heavy (non-hydrogen) atoms. The second-order valence-corrected chi connectivity index (χ2v) is 6.15. The van der Waals surface area contributed by atoms with Gasteiger partial charge in [-0.25, -0.2) is 0 Å². The Kier molecular flexibility index (Phi) is 4.27. The summed E-state index contributed by atoms with van der Waals surface area (Å²) in [6, 6.07) is 9.27. The maximum Gasteiger partial charge on any atom is 0.122 e. The Morgan fingerprint density at radius 1 is 1.30 bits per heavy atom.